The van der Waals surface area contributed by atoms with Gasteiger partial charge in [0, 0.05) is 0 Å². The summed E-state index contributed by atoms with van der Waals surface area (Å²) in [5.74, 6) is 0. The lowest BCUT2D eigenvalue weighted by atomic mass is 9.74. The Hall–Kier alpha value is -12.5. The molecule has 16 aromatic carbocycles. The standard InChI is InChI=1S/C96H66/c1-11-35-69(36-12-1)85-87(71-39-15-3-16-40-71)91(75-47-23-7-24-48-75)95(92(76-49-25-8-26-50-76)88(85)72-41-17-4-18-42-72)79-63-59-67(60-64-79)81-55-31-33-57-83(81)84-58-34-32-56-82(84)68-61-65-80(66-62-68)96-93(77-51-27-9-28-52-77)89(73-43-19-5-20-44-73)86(70-37-13-2-14-38-70)90(74-45-21-6-22-46-74)94(96)78-53-29-10-30-54-78/h1-66H. The number of hydrogen-bond donors (Lipinski definition) is 0. The van der Waals surface area contributed by atoms with Gasteiger partial charge in [-0.15, -0.1) is 0 Å². The summed E-state index contributed by atoms with van der Waals surface area (Å²) in [4.78, 5) is 0. The molecule has 0 unspecified atom stereocenters. The predicted molar refractivity (Wildman–Crippen MR) is 408 cm³/mol. The molecule has 450 valence electrons. The van der Waals surface area contributed by atoms with Gasteiger partial charge in [-0.3, -0.25) is 0 Å². The summed E-state index contributed by atoms with van der Waals surface area (Å²) in [6, 6.07) is 147. The van der Waals surface area contributed by atoms with Gasteiger partial charge in [0.1, 0.15) is 0 Å². The van der Waals surface area contributed by atoms with E-state index in [1.807, 2.05) is 0 Å². The minimum Gasteiger partial charge on any atom is -0.0622 e. The van der Waals surface area contributed by atoms with Crippen LogP contribution in [0.4, 0.5) is 0 Å². The van der Waals surface area contributed by atoms with Gasteiger partial charge in [-0.2, -0.15) is 0 Å². The maximum atomic E-state index is 2.36. The van der Waals surface area contributed by atoms with E-state index >= 15 is 0 Å². The number of rotatable bonds is 15. The Labute approximate surface area is 563 Å². The lowest BCUT2D eigenvalue weighted by Crippen LogP contribution is -2.02. The molecule has 16 rings (SSSR count). The van der Waals surface area contributed by atoms with Crippen LogP contribution in [0.1, 0.15) is 0 Å². The van der Waals surface area contributed by atoms with Gasteiger partial charge in [-0.05, 0) is 167 Å². The molecule has 0 heterocycles. The second-order valence-corrected chi connectivity index (χ2v) is 24.4. The first-order valence-corrected chi connectivity index (χ1v) is 33.2. The third-order valence-corrected chi connectivity index (χ3v) is 18.7. The normalized spacial score (nSPS) is 11.1. The van der Waals surface area contributed by atoms with Gasteiger partial charge < -0.3 is 0 Å². The first kappa shape index (κ1) is 58.6. The highest BCUT2D eigenvalue weighted by molar-refractivity contribution is 6.17. The van der Waals surface area contributed by atoms with Crippen LogP contribution in [-0.2, 0) is 0 Å². The van der Waals surface area contributed by atoms with Gasteiger partial charge in [0.15, 0.2) is 0 Å². The fourth-order valence-corrected chi connectivity index (χ4v) is 14.6. The van der Waals surface area contributed by atoms with Crippen LogP contribution < -0.4 is 0 Å². The van der Waals surface area contributed by atoms with Crippen LogP contribution >= 0.6 is 0 Å². The first-order chi connectivity index (χ1) is 47.7. The molecular formula is C96H66. The molecule has 0 aliphatic carbocycles. The van der Waals surface area contributed by atoms with Crippen molar-refractivity contribution in [2.45, 2.75) is 0 Å². The highest BCUT2D eigenvalue weighted by atomic mass is 14.3. The van der Waals surface area contributed by atoms with Gasteiger partial charge in [0.05, 0.1) is 0 Å². The van der Waals surface area contributed by atoms with Gasteiger partial charge in [-0.25, -0.2) is 0 Å². The van der Waals surface area contributed by atoms with E-state index in [9.17, 15) is 0 Å². The molecule has 0 aliphatic rings. The van der Waals surface area contributed by atoms with E-state index in [-0.39, 0.29) is 0 Å². The molecule has 0 aliphatic heterocycles. The maximum Gasteiger partial charge on any atom is -0.00139 e. The zero-order valence-corrected chi connectivity index (χ0v) is 53.1. The predicted octanol–water partition coefficient (Wildman–Crippen LogP) is 26.7. The van der Waals surface area contributed by atoms with Crippen molar-refractivity contribution in [3.63, 3.8) is 0 Å². The molecule has 0 radical (unpaired) electrons. The van der Waals surface area contributed by atoms with Gasteiger partial charge >= 0.3 is 0 Å². The van der Waals surface area contributed by atoms with E-state index in [0.29, 0.717) is 0 Å². The summed E-state index contributed by atoms with van der Waals surface area (Å²) in [5, 5.41) is 0. The van der Waals surface area contributed by atoms with Crippen molar-refractivity contribution in [3.05, 3.63) is 400 Å². The monoisotopic (exact) mass is 1220 g/mol. The lowest BCUT2D eigenvalue weighted by molar-refractivity contribution is 1.51. The van der Waals surface area contributed by atoms with Crippen LogP contribution in [0.5, 0.6) is 0 Å². The van der Waals surface area contributed by atoms with Crippen LogP contribution in [0, 0.1) is 0 Å². The number of benzene rings is 16. The van der Waals surface area contributed by atoms with Crippen molar-refractivity contribution in [3.8, 4) is 167 Å². The van der Waals surface area contributed by atoms with Gasteiger partial charge in [0.25, 0.3) is 0 Å². The summed E-state index contributed by atoms with van der Waals surface area (Å²) in [6.07, 6.45) is 0. The van der Waals surface area contributed by atoms with Crippen molar-refractivity contribution < 1.29 is 0 Å². The zero-order valence-electron chi connectivity index (χ0n) is 53.1. The molecule has 0 bridgehead atoms. The van der Waals surface area contributed by atoms with Crippen molar-refractivity contribution >= 4 is 0 Å². The molecule has 16 aromatic rings. The average molecular weight is 1220 g/mol. The summed E-state index contributed by atoms with van der Waals surface area (Å²) >= 11 is 0. The quantitative estimate of drug-likeness (QED) is 0.0960. The molecule has 0 N–H and O–H groups in total. The van der Waals surface area contributed by atoms with Crippen molar-refractivity contribution in [1.29, 1.82) is 0 Å². The van der Waals surface area contributed by atoms with E-state index in [1.54, 1.807) is 0 Å². The topological polar surface area (TPSA) is 0 Å². The lowest BCUT2D eigenvalue weighted by Gasteiger charge is -2.29. The van der Waals surface area contributed by atoms with Crippen LogP contribution in [0.15, 0.2) is 400 Å². The van der Waals surface area contributed by atoms with Crippen LogP contribution in [-0.4, -0.2) is 0 Å². The smallest absolute Gasteiger partial charge is 0.00139 e. The van der Waals surface area contributed by atoms with E-state index in [4.69, 9.17) is 0 Å². The van der Waals surface area contributed by atoms with Crippen molar-refractivity contribution in [2.24, 2.45) is 0 Å². The van der Waals surface area contributed by atoms with Crippen LogP contribution in [0.3, 0.4) is 0 Å². The molecule has 0 nitrogen and oxygen atoms in total. The van der Waals surface area contributed by atoms with Crippen molar-refractivity contribution in [2.75, 3.05) is 0 Å². The Kier molecular flexibility index (Phi) is 16.2. The minimum atomic E-state index is 1.13. The molecule has 0 spiro atoms. The zero-order chi connectivity index (χ0) is 64.0. The number of hydrogen-bond acceptors (Lipinski definition) is 0. The Morgan fingerprint density at radius 3 is 0.323 bits per heavy atom. The Morgan fingerprint density at radius 2 is 0.177 bits per heavy atom. The molecular weight excluding hydrogens is 1150 g/mol. The highest BCUT2D eigenvalue weighted by Gasteiger charge is 2.31. The van der Waals surface area contributed by atoms with E-state index in [0.717, 1.165) is 89.0 Å². The minimum absolute atomic E-state index is 1.13. The summed E-state index contributed by atoms with van der Waals surface area (Å²) < 4.78 is 0. The fraction of sp³-hybridized carbons (Fsp3) is 0. The molecule has 0 aromatic heterocycles. The average Bonchev–Trinajstić information content (AvgIpc) is 0.724. The van der Waals surface area contributed by atoms with Crippen LogP contribution in [0.2, 0.25) is 0 Å². The Balaban J connectivity index is 0.879. The van der Waals surface area contributed by atoms with E-state index < -0.39 is 0 Å². The third-order valence-electron chi connectivity index (χ3n) is 18.7. The summed E-state index contributed by atoms with van der Waals surface area (Å²) in [6.45, 7) is 0. The largest absolute Gasteiger partial charge is 0.0622 e. The molecule has 0 fully saturated rings. The van der Waals surface area contributed by atoms with Gasteiger partial charge in [0.2, 0.25) is 0 Å². The Morgan fingerprint density at radius 1 is 0.0729 bits per heavy atom. The summed E-state index contributed by atoms with van der Waals surface area (Å²) in [7, 11) is 0. The molecule has 0 heteroatoms. The molecule has 0 saturated carbocycles. The van der Waals surface area contributed by atoms with Gasteiger partial charge in [-0.1, -0.05) is 400 Å². The third kappa shape index (κ3) is 11.2. The molecule has 0 saturated heterocycles. The van der Waals surface area contributed by atoms with E-state index in [1.165, 1.54) is 77.9 Å². The molecule has 96 heavy (non-hydrogen) atoms. The second-order valence-electron chi connectivity index (χ2n) is 24.4. The molecule has 0 atom stereocenters. The second kappa shape index (κ2) is 26.6. The first-order valence-electron chi connectivity index (χ1n) is 33.2. The Bertz CT molecular complexity index is 4780. The summed E-state index contributed by atoms with van der Waals surface area (Å²) in [5.41, 5.74) is 35.1. The fourth-order valence-electron chi connectivity index (χ4n) is 14.6. The maximum absolute atomic E-state index is 2.36. The van der Waals surface area contributed by atoms with Crippen molar-refractivity contribution in [1.82, 2.24) is 0 Å². The highest BCUT2D eigenvalue weighted by Crippen LogP contribution is 2.58. The van der Waals surface area contributed by atoms with E-state index in [2.05, 4.69) is 400 Å². The molecule has 0 amide bonds. The SMILES string of the molecule is c1ccc(-c2c(-c3ccccc3)c(-c3ccccc3)c(-c3ccc(-c4ccccc4-c4ccccc4-c4ccc(-c5c(-c6ccccc6)c(-c6ccccc6)c(-c6ccccc6)c(-c6ccccc6)c5-c5ccccc5)cc4)cc3)c(-c3ccccc3)c2-c2ccccc2)cc1. The van der Waals surface area contributed by atoms with Crippen LogP contribution in [0.25, 0.3) is 167 Å².